The molecule has 1 aliphatic heterocycles. The maximum atomic E-state index is 14.4. The van der Waals surface area contributed by atoms with Gasteiger partial charge in [0, 0.05) is 31.9 Å². The third kappa shape index (κ3) is 3.11. The van der Waals surface area contributed by atoms with Gasteiger partial charge in [0.05, 0.1) is 12.0 Å². The highest BCUT2D eigenvalue weighted by Crippen LogP contribution is 2.24. The van der Waals surface area contributed by atoms with E-state index in [1.165, 1.54) is 0 Å². The minimum absolute atomic E-state index is 0.198. The van der Waals surface area contributed by atoms with Gasteiger partial charge in [-0.3, -0.25) is 4.79 Å². The lowest BCUT2D eigenvalue weighted by molar-refractivity contribution is -0.116. The first-order chi connectivity index (χ1) is 10.2. The summed E-state index contributed by atoms with van der Waals surface area (Å²) in [6.07, 6.45) is 6.04. The molecule has 5 nitrogen and oxygen atoms in total. The third-order valence-corrected chi connectivity index (χ3v) is 3.64. The Labute approximate surface area is 122 Å². The second-order valence-electron chi connectivity index (χ2n) is 5.09. The Kier molecular flexibility index (Phi) is 3.96. The van der Waals surface area contributed by atoms with E-state index in [-0.39, 0.29) is 23.8 Å². The largest absolute Gasteiger partial charge is 0.337 e. The molecule has 1 amide bonds. The number of aryl methyl sites for hydroxylation is 1. The Bertz CT molecular complexity index is 639. The molecule has 2 N–H and O–H groups in total. The summed E-state index contributed by atoms with van der Waals surface area (Å²) in [6, 6.07) is 3.51. The molecule has 1 aromatic heterocycles. The third-order valence-electron chi connectivity index (χ3n) is 3.64. The van der Waals surface area contributed by atoms with Crippen molar-refractivity contribution in [3.63, 3.8) is 0 Å². The standard InChI is InChI=1S/C15H17FN4O/c16-15-12-3-5-17-9-11(12)1-2-13(15)19-14(21)4-7-20-8-6-18-10-20/h1-2,6,8,10,17H,3-5,7,9H2,(H,19,21). The zero-order valence-electron chi connectivity index (χ0n) is 11.6. The molecule has 2 heterocycles. The molecule has 0 atom stereocenters. The Morgan fingerprint density at radius 1 is 1.48 bits per heavy atom. The normalized spacial score (nSPS) is 13.8. The highest BCUT2D eigenvalue weighted by atomic mass is 19.1. The first-order valence-electron chi connectivity index (χ1n) is 7.00. The van der Waals surface area contributed by atoms with Crippen LogP contribution in [-0.4, -0.2) is 22.0 Å². The molecular formula is C15H17FN4O. The van der Waals surface area contributed by atoms with Crippen LogP contribution in [0.1, 0.15) is 17.5 Å². The van der Waals surface area contributed by atoms with Crippen LogP contribution in [-0.2, 0) is 24.3 Å². The Balaban J connectivity index is 1.65. The van der Waals surface area contributed by atoms with E-state index in [9.17, 15) is 9.18 Å². The van der Waals surface area contributed by atoms with Crippen LogP contribution in [0.2, 0.25) is 0 Å². The molecule has 0 unspecified atom stereocenters. The number of nitrogens with zero attached hydrogens (tertiary/aromatic N) is 2. The van der Waals surface area contributed by atoms with Gasteiger partial charge in [0.15, 0.2) is 0 Å². The summed E-state index contributed by atoms with van der Waals surface area (Å²) in [4.78, 5) is 15.8. The molecule has 1 aromatic carbocycles. The molecule has 0 spiro atoms. The lowest BCUT2D eigenvalue weighted by Crippen LogP contribution is -2.25. The number of nitrogens with one attached hydrogen (secondary N) is 2. The van der Waals surface area contributed by atoms with Crippen molar-refractivity contribution in [2.24, 2.45) is 0 Å². The second kappa shape index (κ2) is 6.05. The average Bonchev–Trinajstić information content (AvgIpc) is 3.02. The summed E-state index contributed by atoms with van der Waals surface area (Å²) >= 11 is 0. The first-order valence-corrected chi connectivity index (χ1v) is 7.00. The van der Waals surface area contributed by atoms with E-state index in [0.717, 1.165) is 12.1 Å². The van der Waals surface area contributed by atoms with Crippen molar-refractivity contribution in [1.82, 2.24) is 14.9 Å². The highest BCUT2D eigenvalue weighted by molar-refractivity contribution is 5.91. The molecule has 2 aromatic rings. The number of carbonyl (C=O) groups excluding carboxylic acids is 1. The molecule has 0 fully saturated rings. The molecule has 0 aliphatic carbocycles. The van der Waals surface area contributed by atoms with Crippen molar-refractivity contribution in [2.45, 2.75) is 25.9 Å². The zero-order chi connectivity index (χ0) is 14.7. The van der Waals surface area contributed by atoms with Crippen LogP contribution >= 0.6 is 0 Å². The van der Waals surface area contributed by atoms with Crippen LogP contribution in [0.15, 0.2) is 30.9 Å². The van der Waals surface area contributed by atoms with Crippen molar-refractivity contribution >= 4 is 11.6 Å². The van der Waals surface area contributed by atoms with Gasteiger partial charge >= 0.3 is 0 Å². The van der Waals surface area contributed by atoms with Gasteiger partial charge in [-0.15, -0.1) is 0 Å². The number of amides is 1. The fourth-order valence-electron chi connectivity index (χ4n) is 2.49. The molecule has 1 aliphatic rings. The summed E-state index contributed by atoms with van der Waals surface area (Å²) in [6.45, 7) is 1.98. The molecule has 110 valence electrons. The van der Waals surface area contributed by atoms with Crippen molar-refractivity contribution < 1.29 is 9.18 Å². The minimum atomic E-state index is -0.301. The molecule has 0 bridgehead atoms. The van der Waals surface area contributed by atoms with E-state index in [2.05, 4.69) is 15.6 Å². The van der Waals surface area contributed by atoms with Gasteiger partial charge in [0.2, 0.25) is 5.91 Å². The number of carbonyl (C=O) groups is 1. The zero-order valence-corrected chi connectivity index (χ0v) is 11.6. The van der Waals surface area contributed by atoms with Crippen LogP contribution < -0.4 is 10.6 Å². The Morgan fingerprint density at radius 3 is 3.19 bits per heavy atom. The monoisotopic (exact) mass is 288 g/mol. The Hall–Kier alpha value is -2.21. The number of anilines is 1. The molecule has 0 saturated heterocycles. The van der Waals surface area contributed by atoms with Gasteiger partial charge in [0.1, 0.15) is 5.82 Å². The number of benzene rings is 1. The SMILES string of the molecule is O=C(CCn1ccnc1)Nc1ccc2c(c1F)CCNC2. The number of hydrogen-bond acceptors (Lipinski definition) is 3. The summed E-state index contributed by atoms with van der Waals surface area (Å²) in [5.74, 6) is -0.499. The predicted molar refractivity (Wildman–Crippen MR) is 77.3 cm³/mol. The van der Waals surface area contributed by atoms with E-state index in [1.54, 1.807) is 24.8 Å². The summed E-state index contributed by atoms with van der Waals surface area (Å²) in [7, 11) is 0. The number of rotatable bonds is 4. The first kappa shape index (κ1) is 13.8. The maximum absolute atomic E-state index is 14.4. The van der Waals surface area contributed by atoms with Crippen LogP contribution in [0.25, 0.3) is 0 Å². The van der Waals surface area contributed by atoms with Gasteiger partial charge in [-0.2, -0.15) is 0 Å². The predicted octanol–water partition coefficient (Wildman–Crippen LogP) is 1.70. The van der Waals surface area contributed by atoms with E-state index >= 15 is 0 Å². The highest BCUT2D eigenvalue weighted by Gasteiger charge is 2.17. The number of halogens is 1. The number of imidazole rings is 1. The second-order valence-corrected chi connectivity index (χ2v) is 5.09. The molecule has 0 radical (unpaired) electrons. The van der Waals surface area contributed by atoms with Crippen LogP contribution in [0.4, 0.5) is 10.1 Å². The minimum Gasteiger partial charge on any atom is -0.337 e. The smallest absolute Gasteiger partial charge is 0.226 e. The van der Waals surface area contributed by atoms with E-state index in [0.29, 0.717) is 25.1 Å². The average molecular weight is 288 g/mol. The van der Waals surface area contributed by atoms with Gasteiger partial charge < -0.3 is 15.2 Å². The number of fused-ring (bicyclic) bond motifs is 1. The number of aromatic nitrogens is 2. The fraction of sp³-hybridized carbons (Fsp3) is 0.333. The molecule has 0 saturated carbocycles. The fourth-order valence-corrected chi connectivity index (χ4v) is 2.49. The van der Waals surface area contributed by atoms with Crippen molar-refractivity contribution in [1.29, 1.82) is 0 Å². The Morgan fingerprint density at radius 2 is 2.38 bits per heavy atom. The number of hydrogen-bond donors (Lipinski definition) is 2. The van der Waals surface area contributed by atoms with Gasteiger partial charge in [0.25, 0.3) is 0 Å². The summed E-state index contributed by atoms with van der Waals surface area (Å²) < 4.78 is 16.2. The topological polar surface area (TPSA) is 59.0 Å². The summed E-state index contributed by atoms with van der Waals surface area (Å²) in [5.41, 5.74) is 1.95. The van der Waals surface area contributed by atoms with Crippen molar-refractivity contribution in [2.75, 3.05) is 11.9 Å². The molecular weight excluding hydrogens is 271 g/mol. The van der Waals surface area contributed by atoms with Gasteiger partial charge in [-0.1, -0.05) is 6.07 Å². The maximum Gasteiger partial charge on any atom is 0.226 e. The summed E-state index contributed by atoms with van der Waals surface area (Å²) in [5, 5.41) is 5.86. The molecule has 3 rings (SSSR count). The van der Waals surface area contributed by atoms with Crippen LogP contribution in [0, 0.1) is 5.82 Å². The van der Waals surface area contributed by atoms with Crippen LogP contribution in [0.5, 0.6) is 0 Å². The van der Waals surface area contributed by atoms with Gasteiger partial charge in [-0.25, -0.2) is 9.37 Å². The lowest BCUT2D eigenvalue weighted by Gasteiger charge is -2.19. The van der Waals surface area contributed by atoms with Gasteiger partial charge in [-0.05, 0) is 30.2 Å². The van der Waals surface area contributed by atoms with E-state index in [1.807, 2.05) is 10.6 Å². The quantitative estimate of drug-likeness (QED) is 0.900. The molecule has 21 heavy (non-hydrogen) atoms. The lowest BCUT2D eigenvalue weighted by atomic mass is 9.99. The molecule has 6 heteroatoms. The van der Waals surface area contributed by atoms with Crippen molar-refractivity contribution in [3.05, 3.63) is 47.8 Å². The van der Waals surface area contributed by atoms with Crippen molar-refractivity contribution in [3.8, 4) is 0 Å². The van der Waals surface area contributed by atoms with E-state index in [4.69, 9.17) is 0 Å². The van der Waals surface area contributed by atoms with Crippen LogP contribution in [0.3, 0.4) is 0 Å². The van der Waals surface area contributed by atoms with E-state index < -0.39 is 0 Å².